The molecule has 1 N–H and O–H groups in total. The van der Waals surface area contributed by atoms with Gasteiger partial charge >= 0.3 is 0 Å². The Morgan fingerprint density at radius 2 is 1.91 bits per heavy atom. The minimum Gasteiger partial charge on any atom is -0.343 e. The second kappa shape index (κ2) is 5.57. The minimum absolute atomic E-state index is 0.0267. The van der Waals surface area contributed by atoms with E-state index in [0.717, 1.165) is 10.4 Å². The Morgan fingerprint density at radius 1 is 1.22 bits per heavy atom. The van der Waals surface area contributed by atoms with E-state index in [1.54, 1.807) is 6.92 Å². The molecule has 2 aliphatic rings. The zero-order valence-corrected chi connectivity index (χ0v) is 13.2. The van der Waals surface area contributed by atoms with Gasteiger partial charge < -0.3 is 10.2 Å². The van der Waals surface area contributed by atoms with Gasteiger partial charge in [0.05, 0.1) is 0 Å². The van der Waals surface area contributed by atoms with Gasteiger partial charge in [0, 0.05) is 19.6 Å². The maximum Gasteiger partial charge on any atom is 0.246 e. The smallest absolute Gasteiger partial charge is 0.246 e. The summed E-state index contributed by atoms with van der Waals surface area (Å²) in [6.45, 7) is 1.54. The standard InChI is InChI=1S/C14H16FN3O4S/c1-9-14(20)18-7-6-17(8-11(18)13(19)16-9)23(21,22)12-5-3-2-4-10(12)15/h2-5,9,11H,6-8H2,1H3,(H,16,19)/t9-,11-/m1/s1. The predicted octanol–water partition coefficient (Wildman–Crippen LogP) is -0.454. The van der Waals surface area contributed by atoms with E-state index in [-0.39, 0.29) is 25.5 Å². The summed E-state index contributed by atoms with van der Waals surface area (Å²) >= 11 is 0. The van der Waals surface area contributed by atoms with Crippen LogP contribution in [0.25, 0.3) is 0 Å². The van der Waals surface area contributed by atoms with Gasteiger partial charge in [0.1, 0.15) is 22.8 Å². The van der Waals surface area contributed by atoms with E-state index in [9.17, 15) is 22.4 Å². The molecule has 3 rings (SSSR count). The first-order valence-electron chi connectivity index (χ1n) is 7.18. The van der Waals surface area contributed by atoms with Gasteiger partial charge in [-0.2, -0.15) is 4.31 Å². The van der Waals surface area contributed by atoms with Crippen molar-refractivity contribution >= 4 is 21.8 Å². The Bertz CT molecular complexity index is 767. The average Bonchev–Trinajstić information content (AvgIpc) is 2.52. The number of nitrogens with one attached hydrogen (secondary N) is 1. The monoisotopic (exact) mass is 341 g/mol. The molecule has 9 heteroatoms. The van der Waals surface area contributed by atoms with Crippen molar-refractivity contribution in [2.45, 2.75) is 23.9 Å². The number of carbonyl (C=O) groups excluding carboxylic acids is 2. The molecule has 0 bridgehead atoms. The molecule has 0 aromatic heterocycles. The van der Waals surface area contributed by atoms with Crippen molar-refractivity contribution in [2.75, 3.05) is 19.6 Å². The minimum atomic E-state index is -4.06. The van der Waals surface area contributed by atoms with Gasteiger partial charge in [-0.3, -0.25) is 9.59 Å². The highest BCUT2D eigenvalue weighted by Gasteiger charge is 2.44. The lowest BCUT2D eigenvalue weighted by Gasteiger charge is -2.44. The molecule has 2 heterocycles. The van der Waals surface area contributed by atoms with Crippen LogP contribution in [-0.4, -0.2) is 61.2 Å². The summed E-state index contributed by atoms with van der Waals surface area (Å²) in [5.41, 5.74) is 0. The fourth-order valence-corrected chi connectivity index (χ4v) is 4.38. The average molecular weight is 341 g/mol. The summed E-state index contributed by atoms with van der Waals surface area (Å²) < 4.78 is 40.0. The number of carbonyl (C=O) groups is 2. The van der Waals surface area contributed by atoms with E-state index in [1.165, 1.54) is 23.1 Å². The Labute approximate surface area is 133 Å². The Hall–Kier alpha value is -2.00. The van der Waals surface area contributed by atoms with Crippen LogP contribution in [0.15, 0.2) is 29.2 Å². The first kappa shape index (κ1) is 15.9. The van der Waals surface area contributed by atoms with E-state index >= 15 is 0 Å². The van der Waals surface area contributed by atoms with E-state index in [2.05, 4.69) is 5.32 Å². The summed E-state index contributed by atoms with van der Waals surface area (Å²) in [4.78, 5) is 25.1. The summed E-state index contributed by atoms with van der Waals surface area (Å²) in [5, 5.41) is 2.53. The van der Waals surface area contributed by atoms with Gasteiger partial charge in [0.2, 0.25) is 21.8 Å². The maximum absolute atomic E-state index is 13.8. The molecule has 1 aromatic carbocycles. The van der Waals surface area contributed by atoms with Gasteiger partial charge in [0.15, 0.2) is 0 Å². The van der Waals surface area contributed by atoms with Crippen LogP contribution in [0, 0.1) is 5.82 Å². The molecule has 7 nitrogen and oxygen atoms in total. The SMILES string of the molecule is C[C@H]1NC(=O)[C@H]2CN(S(=O)(=O)c3ccccc3F)CCN2C1=O. The van der Waals surface area contributed by atoms with Crippen LogP contribution < -0.4 is 5.32 Å². The fraction of sp³-hybridized carbons (Fsp3) is 0.429. The number of piperazine rings is 2. The zero-order valence-electron chi connectivity index (χ0n) is 12.4. The highest BCUT2D eigenvalue weighted by Crippen LogP contribution is 2.24. The number of hydrogen-bond acceptors (Lipinski definition) is 4. The molecule has 0 spiro atoms. The highest BCUT2D eigenvalue weighted by atomic mass is 32.2. The number of amides is 2. The lowest BCUT2D eigenvalue weighted by Crippen LogP contribution is -2.69. The topological polar surface area (TPSA) is 86.8 Å². The third-order valence-corrected chi connectivity index (χ3v) is 6.01. The molecular formula is C14H16FN3O4S. The number of nitrogens with zero attached hydrogens (tertiary/aromatic N) is 2. The normalized spacial score (nSPS) is 25.9. The van der Waals surface area contributed by atoms with Crippen LogP contribution in [-0.2, 0) is 19.6 Å². The van der Waals surface area contributed by atoms with Crippen molar-refractivity contribution in [1.29, 1.82) is 0 Å². The molecule has 2 aliphatic heterocycles. The van der Waals surface area contributed by atoms with E-state index in [4.69, 9.17) is 0 Å². The molecular weight excluding hydrogens is 325 g/mol. The van der Waals surface area contributed by atoms with Gasteiger partial charge in [-0.25, -0.2) is 12.8 Å². The van der Waals surface area contributed by atoms with Crippen LogP contribution in [0.4, 0.5) is 4.39 Å². The van der Waals surface area contributed by atoms with Crippen LogP contribution in [0.3, 0.4) is 0 Å². The van der Waals surface area contributed by atoms with Gasteiger partial charge in [-0.15, -0.1) is 0 Å². The first-order chi connectivity index (χ1) is 10.8. The molecule has 0 saturated carbocycles. The van der Waals surface area contributed by atoms with Crippen molar-refractivity contribution in [1.82, 2.24) is 14.5 Å². The lowest BCUT2D eigenvalue weighted by atomic mass is 10.1. The summed E-state index contributed by atoms with van der Waals surface area (Å²) in [7, 11) is -4.06. The van der Waals surface area contributed by atoms with Crippen molar-refractivity contribution in [3.63, 3.8) is 0 Å². The predicted molar refractivity (Wildman–Crippen MR) is 78.3 cm³/mol. The lowest BCUT2D eigenvalue weighted by molar-refractivity contribution is -0.151. The summed E-state index contributed by atoms with van der Waals surface area (Å²) in [6, 6.07) is 3.60. The number of hydrogen-bond donors (Lipinski definition) is 1. The van der Waals surface area contributed by atoms with Crippen molar-refractivity contribution in [3.8, 4) is 0 Å². The van der Waals surface area contributed by atoms with Crippen molar-refractivity contribution in [2.24, 2.45) is 0 Å². The molecule has 124 valence electrons. The summed E-state index contributed by atoms with van der Waals surface area (Å²) in [6.07, 6.45) is 0. The fourth-order valence-electron chi connectivity index (χ4n) is 2.88. The number of benzene rings is 1. The van der Waals surface area contributed by atoms with Crippen LogP contribution in [0.5, 0.6) is 0 Å². The second-order valence-corrected chi connectivity index (χ2v) is 7.48. The van der Waals surface area contributed by atoms with E-state index in [0.29, 0.717) is 0 Å². The molecule has 23 heavy (non-hydrogen) atoms. The van der Waals surface area contributed by atoms with Gasteiger partial charge in [0.25, 0.3) is 0 Å². The van der Waals surface area contributed by atoms with Crippen LogP contribution in [0.1, 0.15) is 6.92 Å². The summed E-state index contributed by atoms with van der Waals surface area (Å²) in [5.74, 6) is -1.48. The Balaban J connectivity index is 1.88. The molecule has 0 radical (unpaired) electrons. The number of rotatable bonds is 2. The number of sulfonamides is 1. The molecule has 2 amide bonds. The van der Waals surface area contributed by atoms with Crippen molar-refractivity contribution < 1.29 is 22.4 Å². The van der Waals surface area contributed by atoms with Crippen molar-refractivity contribution in [3.05, 3.63) is 30.1 Å². The zero-order chi connectivity index (χ0) is 16.8. The molecule has 0 unspecified atom stereocenters. The van der Waals surface area contributed by atoms with E-state index in [1.807, 2.05) is 0 Å². The second-order valence-electron chi connectivity index (χ2n) is 5.57. The number of fused-ring (bicyclic) bond motifs is 1. The number of halogens is 1. The molecule has 0 aliphatic carbocycles. The maximum atomic E-state index is 13.8. The third-order valence-electron chi connectivity index (χ3n) is 4.11. The third kappa shape index (κ3) is 2.59. The Kier molecular flexibility index (Phi) is 3.85. The highest BCUT2D eigenvalue weighted by molar-refractivity contribution is 7.89. The van der Waals surface area contributed by atoms with Crippen LogP contribution in [0.2, 0.25) is 0 Å². The van der Waals surface area contributed by atoms with Crippen LogP contribution >= 0.6 is 0 Å². The van der Waals surface area contributed by atoms with Gasteiger partial charge in [-0.1, -0.05) is 12.1 Å². The first-order valence-corrected chi connectivity index (χ1v) is 8.62. The Morgan fingerprint density at radius 3 is 2.61 bits per heavy atom. The van der Waals surface area contributed by atoms with Gasteiger partial charge in [-0.05, 0) is 19.1 Å². The molecule has 2 atom stereocenters. The largest absolute Gasteiger partial charge is 0.343 e. The molecule has 1 aromatic rings. The van der Waals surface area contributed by atoms with E-state index < -0.39 is 38.7 Å². The molecule has 2 saturated heterocycles. The quantitative estimate of drug-likeness (QED) is 0.789. The molecule has 2 fully saturated rings.